The highest BCUT2D eigenvalue weighted by molar-refractivity contribution is 7.92. The number of aryl methyl sites for hydroxylation is 5. The molecule has 33 heavy (non-hydrogen) atoms. The van der Waals surface area contributed by atoms with E-state index in [1.165, 1.54) is 9.87 Å². The lowest BCUT2D eigenvalue weighted by atomic mass is 9.96. The highest BCUT2D eigenvalue weighted by Crippen LogP contribution is 2.28. The zero-order chi connectivity index (χ0) is 24.3. The predicted octanol–water partition coefficient (Wildman–Crippen LogP) is 5.30. The van der Waals surface area contributed by atoms with E-state index in [9.17, 15) is 13.2 Å². The van der Waals surface area contributed by atoms with Crippen LogP contribution in [0.3, 0.4) is 0 Å². The third-order valence-corrected chi connectivity index (χ3v) is 7.74. The van der Waals surface area contributed by atoms with E-state index in [4.69, 9.17) is 0 Å². The molecule has 174 valence electrons. The smallest absolute Gasteiger partial charge is 0.264 e. The van der Waals surface area contributed by atoms with E-state index in [0.717, 1.165) is 27.8 Å². The summed E-state index contributed by atoms with van der Waals surface area (Å²) in [6, 6.07) is 17.7. The second kappa shape index (κ2) is 9.79. The minimum absolute atomic E-state index is 0.149. The largest absolute Gasteiger partial charge is 0.348 e. The van der Waals surface area contributed by atoms with Gasteiger partial charge in [-0.3, -0.25) is 9.10 Å². The van der Waals surface area contributed by atoms with Crippen molar-refractivity contribution in [3.63, 3.8) is 0 Å². The van der Waals surface area contributed by atoms with Crippen LogP contribution in [-0.4, -0.2) is 20.9 Å². The first-order valence-electron chi connectivity index (χ1n) is 11.0. The lowest BCUT2D eigenvalue weighted by Gasteiger charge is -2.27. The van der Waals surface area contributed by atoms with Crippen molar-refractivity contribution in [3.8, 4) is 0 Å². The Bertz CT molecular complexity index is 1270. The van der Waals surface area contributed by atoms with Gasteiger partial charge in [0.2, 0.25) is 5.91 Å². The molecule has 0 saturated carbocycles. The summed E-state index contributed by atoms with van der Waals surface area (Å²) in [6.45, 7) is 11.5. The number of carbonyl (C=O) groups is 1. The minimum Gasteiger partial charge on any atom is -0.348 e. The van der Waals surface area contributed by atoms with Crippen LogP contribution < -0.4 is 9.62 Å². The highest BCUT2D eigenvalue weighted by Gasteiger charge is 2.28. The first-order valence-corrected chi connectivity index (χ1v) is 12.5. The number of rotatable bonds is 7. The van der Waals surface area contributed by atoms with Gasteiger partial charge in [-0.15, -0.1) is 0 Å². The Morgan fingerprint density at radius 1 is 0.848 bits per heavy atom. The first-order chi connectivity index (χ1) is 15.5. The molecule has 5 nitrogen and oxygen atoms in total. The number of benzene rings is 3. The molecule has 0 aliphatic rings. The van der Waals surface area contributed by atoms with Gasteiger partial charge < -0.3 is 5.32 Å². The SMILES string of the molecule is Cc1ccc(N(CC(=O)N[C@H](C)c2cc(C)c(C)cc2C)S(=O)(=O)c2ccccc2)c(C)c1. The number of sulfonamides is 1. The Labute approximate surface area is 197 Å². The second-order valence-electron chi connectivity index (χ2n) is 8.70. The van der Waals surface area contributed by atoms with Crippen LogP contribution in [0.1, 0.15) is 46.3 Å². The fourth-order valence-electron chi connectivity index (χ4n) is 4.05. The summed E-state index contributed by atoms with van der Waals surface area (Å²) < 4.78 is 28.3. The number of anilines is 1. The Hall–Kier alpha value is -3.12. The number of hydrogen-bond donors (Lipinski definition) is 1. The van der Waals surface area contributed by atoms with Crippen LogP contribution in [-0.2, 0) is 14.8 Å². The standard InChI is InChI=1S/C27H32N2O3S/c1-18-12-13-26(22(5)14-18)29(33(31,32)24-10-8-7-9-11-24)17-27(30)28-23(6)25-16-20(3)19(2)15-21(25)4/h7-16,23H,17H2,1-6H3,(H,28,30)/t23-/m1/s1. The normalized spacial score (nSPS) is 12.3. The molecular formula is C27H32N2O3S. The minimum atomic E-state index is -3.93. The second-order valence-corrected chi connectivity index (χ2v) is 10.6. The van der Waals surface area contributed by atoms with Gasteiger partial charge >= 0.3 is 0 Å². The number of nitrogens with zero attached hydrogens (tertiary/aromatic N) is 1. The summed E-state index contributed by atoms with van der Waals surface area (Å²) in [5.41, 5.74) is 6.78. The van der Waals surface area contributed by atoms with Crippen LogP contribution in [0.2, 0.25) is 0 Å². The quantitative estimate of drug-likeness (QED) is 0.516. The molecule has 0 heterocycles. The van der Waals surface area contributed by atoms with E-state index in [0.29, 0.717) is 5.69 Å². The van der Waals surface area contributed by atoms with Crippen molar-refractivity contribution in [2.24, 2.45) is 0 Å². The third kappa shape index (κ3) is 5.45. The zero-order valence-corrected chi connectivity index (χ0v) is 21.0. The fourth-order valence-corrected chi connectivity index (χ4v) is 5.56. The van der Waals surface area contributed by atoms with Crippen molar-refractivity contribution in [1.82, 2.24) is 5.32 Å². The summed E-state index contributed by atoms with van der Waals surface area (Å²) in [5.74, 6) is -0.361. The predicted molar refractivity (Wildman–Crippen MR) is 134 cm³/mol. The number of nitrogens with one attached hydrogen (secondary N) is 1. The maximum absolute atomic E-state index is 13.5. The van der Waals surface area contributed by atoms with Crippen LogP contribution in [0.5, 0.6) is 0 Å². The van der Waals surface area contributed by atoms with Gasteiger partial charge in [0, 0.05) is 0 Å². The van der Waals surface area contributed by atoms with E-state index in [1.807, 2.05) is 46.8 Å². The van der Waals surface area contributed by atoms with Crippen molar-refractivity contribution >= 4 is 21.6 Å². The Morgan fingerprint density at radius 2 is 1.48 bits per heavy atom. The molecule has 0 spiro atoms. The molecule has 0 fully saturated rings. The van der Waals surface area contributed by atoms with E-state index in [1.54, 1.807) is 36.4 Å². The van der Waals surface area contributed by atoms with Crippen molar-refractivity contribution < 1.29 is 13.2 Å². The molecule has 3 rings (SSSR count). The summed E-state index contributed by atoms with van der Waals surface area (Å²) in [7, 11) is -3.93. The van der Waals surface area contributed by atoms with Crippen molar-refractivity contribution in [3.05, 3.63) is 94.0 Å². The van der Waals surface area contributed by atoms with Gasteiger partial charge in [-0.25, -0.2) is 8.42 Å². The maximum atomic E-state index is 13.5. The topological polar surface area (TPSA) is 66.5 Å². The number of amides is 1. The average molecular weight is 465 g/mol. The number of hydrogen-bond acceptors (Lipinski definition) is 3. The highest BCUT2D eigenvalue weighted by atomic mass is 32.2. The van der Waals surface area contributed by atoms with Gasteiger partial charge in [-0.05, 0) is 87.6 Å². The summed E-state index contributed by atoms with van der Waals surface area (Å²) in [6.07, 6.45) is 0. The van der Waals surface area contributed by atoms with Crippen LogP contribution in [0, 0.1) is 34.6 Å². The van der Waals surface area contributed by atoms with Crippen LogP contribution in [0.25, 0.3) is 0 Å². The van der Waals surface area contributed by atoms with E-state index >= 15 is 0 Å². The maximum Gasteiger partial charge on any atom is 0.264 e. The molecule has 3 aromatic carbocycles. The molecule has 3 aromatic rings. The first kappa shape index (κ1) is 24.5. The molecule has 0 radical (unpaired) electrons. The summed E-state index contributed by atoms with van der Waals surface area (Å²) in [5, 5.41) is 2.99. The van der Waals surface area contributed by atoms with Crippen LogP contribution >= 0.6 is 0 Å². The molecule has 0 aliphatic heterocycles. The Balaban J connectivity index is 1.93. The van der Waals surface area contributed by atoms with Gasteiger partial charge in [0.05, 0.1) is 16.6 Å². The van der Waals surface area contributed by atoms with Crippen molar-refractivity contribution in [2.45, 2.75) is 52.5 Å². The Kier molecular flexibility index (Phi) is 7.28. The molecular weight excluding hydrogens is 432 g/mol. The van der Waals surface area contributed by atoms with Gasteiger partial charge in [-0.2, -0.15) is 0 Å². The van der Waals surface area contributed by atoms with Gasteiger partial charge in [-0.1, -0.05) is 48.0 Å². The molecule has 1 N–H and O–H groups in total. The zero-order valence-electron chi connectivity index (χ0n) is 20.1. The van der Waals surface area contributed by atoms with E-state index in [2.05, 4.69) is 24.4 Å². The molecule has 0 aliphatic carbocycles. The molecule has 0 bridgehead atoms. The van der Waals surface area contributed by atoms with Gasteiger partial charge in [0.1, 0.15) is 6.54 Å². The van der Waals surface area contributed by atoms with Crippen molar-refractivity contribution in [1.29, 1.82) is 0 Å². The Morgan fingerprint density at radius 3 is 2.12 bits per heavy atom. The molecule has 0 unspecified atom stereocenters. The molecule has 1 atom stereocenters. The van der Waals surface area contributed by atoms with Crippen LogP contribution in [0.4, 0.5) is 5.69 Å². The lowest BCUT2D eigenvalue weighted by molar-refractivity contribution is -0.120. The molecule has 6 heteroatoms. The van der Waals surface area contributed by atoms with E-state index in [-0.39, 0.29) is 23.4 Å². The number of carbonyl (C=O) groups excluding carboxylic acids is 1. The van der Waals surface area contributed by atoms with Crippen molar-refractivity contribution in [2.75, 3.05) is 10.8 Å². The lowest BCUT2D eigenvalue weighted by Crippen LogP contribution is -2.42. The third-order valence-electron chi connectivity index (χ3n) is 5.97. The molecule has 1 amide bonds. The monoisotopic (exact) mass is 464 g/mol. The summed E-state index contributed by atoms with van der Waals surface area (Å²) in [4.78, 5) is 13.3. The van der Waals surface area contributed by atoms with E-state index < -0.39 is 10.0 Å². The fraction of sp³-hybridized carbons (Fsp3) is 0.296. The van der Waals surface area contributed by atoms with Crippen LogP contribution in [0.15, 0.2) is 65.6 Å². The summed E-state index contributed by atoms with van der Waals surface area (Å²) >= 11 is 0. The molecule has 0 saturated heterocycles. The average Bonchev–Trinajstić information content (AvgIpc) is 2.75. The van der Waals surface area contributed by atoms with Gasteiger partial charge in [0.15, 0.2) is 0 Å². The van der Waals surface area contributed by atoms with Gasteiger partial charge in [0.25, 0.3) is 10.0 Å². The molecule has 0 aromatic heterocycles.